The number of benzene rings is 1. The molecule has 7 heteroatoms. The Morgan fingerprint density at radius 3 is 2.58 bits per heavy atom. The molecule has 0 fully saturated rings. The topological polar surface area (TPSA) is 78.5 Å². The fourth-order valence-corrected chi connectivity index (χ4v) is 1.15. The predicted molar refractivity (Wildman–Crippen MR) is 59.7 cm³/mol. The van der Waals surface area contributed by atoms with E-state index in [-0.39, 0.29) is 12.3 Å². The van der Waals surface area contributed by atoms with E-state index in [0.717, 1.165) is 18.3 Å². The summed E-state index contributed by atoms with van der Waals surface area (Å²) >= 11 is 0. The Labute approximate surface area is 107 Å². The van der Waals surface area contributed by atoms with Gasteiger partial charge in [-0.2, -0.15) is 0 Å². The normalized spacial score (nSPS) is 11.0. The monoisotopic (exact) mass is 270 g/mol. The summed E-state index contributed by atoms with van der Waals surface area (Å²) in [6.07, 6.45) is 0.792. The molecule has 1 aromatic rings. The SMILES string of the molecule is CCOC(=O)C(=CNc1ccc(F)c(F)c1)C(=O)[O-]. The summed E-state index contributed by atoms with van der Waals surface area (Å²) in [6.45, 7) is 1.50. The second-order valence-corrected chi connectivity index (χ2v) is 3.34. The summed E-state index contributed by atoms with van der Waals surface area (Å²) in [5, 5.41) is 13.0. The first kappa shape index (κ1) is 14.6. The highest BCUT2D eigenvalue weighted by Gasteiger charge is 2.11. The summed E-state index contributed by atoms with van der Waals surface area (Å²) < 4.78 is 30.0. The molecule has 0 saturated carbocycles. The van der Waals surface area contributed by atoms with E-state index < -0.39 is 29.1 Å². The van der Waals surface area contributed by atoms with Crippen molar-refractivity contribution in [1.82, 2.24) is 0 Å². The molecule has 0 radical (unpaired) electrons. The van der Waals surface area contributed by atoms with Gasteiger partial charge < -0.3 is 20.0 Å². The van der Waals surface area contributed by atoms with E-state index in [0.29, 0.717) is 0 Å². The summed E-state index contributed by atoms with van der Waals surface area (Å²) in [5.41, 5.74) is -0.687. The Morgan fingerprint density at radius 1 is 1.37 bits per heavy atom. The molecule has 1 rings (SSSR count). The quantitative estimate of drug-likeness (QED) is 0.366. The Kier molecular flexibility index (Phi) is 4.99. The molecule has 0 heterocycles. The lowest BCUT2D eigenvalue weighted by atomic mass is 10.2. The van der Waals surface area contributed by atoms with E-state index in [1.165, 1.54) is 13.0 Å². The molecule has 1 aromatic carbocycles. The largest absolute Gasteiger partial charge is 0.544 e. The number of esters is 1. The molecule has 0 bridgehead atoms. The maximum atomic E-state index is 12.9. The van der Waals surface area contributed by atoms with Crippen LogP contribution in [0.4, 0.5) is 14.5 Å². The zero-order chi connectivity index (χ0) is 14.4. The molecular weight excluding hydrogens is 260 g/mol. The first-order chi connectivity index (χ1) is 8.95. The van der Waals surface area contributed by atoms with Gasteiger partial charge in [0.25, 0.3) is 0 Å². The Hall–Kier alpha value is -2.44. The molecule has 5 nitrogen and oxygen atoms in total. The maximum Gasteiger partial charge on any atom is 0.341 e. The Balaban J connectivity index is 2.89. The van der Waals surface area contributed by atoms with Gasteiger partial charge >= 0.3 is 5.97 Å². The van der Waals surface area contributed by atoms with Gasteiger partial charge in [0.1, 0.15) is 0 Å². The van der Waals surface area contributed by atoms with Crippen LogP contribution in [0.25, 0.3) is 0 Å². The lowest BCUT2D eigenvalue weighted by molar-refractivity contribution is -0.299. The molecule has 0 aliphatic heterocycles. The Morgan fingerprint density at radius 2 is 2.05 bits per heavy atom. The van der Waals surface area contributed by atoms with Crippen LogP contribution in [0.1, 0.15) is 6.92 Å². The molecule has 0 unspecified atom stereocenters. The molecule has 1 N–H and O–H groups in total. The van der Waals surface area contributed by atoms with Crippen molar-refractivity contribution >= 4 is 17.6 Å². The third-order valence-corrected chi connectivity index (χ3v) is 2.02. The summed E-state index contributed by atoms with van der Waals surface area (Å²) in [4.78, 5) is 21.9. The second-order valence-electron chi connectivity index (χ2n) is 3.34. The number of hydrogen-bond donors (Lipinski definition) is 1. The minimum absolute atomic E-state index is 0.00533. The van der Waals surface area contributed by atoms with E-state index in [4.69, 9.17) is 0 Å². The van der Waals surface area contributed by atoms with Crippen molar-refractivity contribution in [2.45, 2.75) is 6.92 Å². The fraction of sp³-hybridized carbons (Fsp3) is 0.167. The first-order valence-electron chi connectivity index (χ1n) is 5.26. The van der Waals surface area contributed by atoms with E-state index in [2.05, 4.69) is 10.1 Å². The summed E-state index contributed by atoms with van der Waals surface area (Å²) in [7, 11) is 0. The molecule has 0 saturated heterocycles. The number of rotatable bonds is 5. The zero-order valence-corrected chi connectivity index (χ0v) is 9.91. The van der Waals surface area contributed by atoms with Gasteiger partial charge in [-0.25, -0.2) is 13.6 Å². The van der Waals surface area contributed by atoms with Crippen LogP contribution in [0, 0.1) is 11.6 Å². The fourth-order valence-electron chi connectivity index (χ4n) is 1.15. The van der Waals surface area contributed by atoms with Gasteiger partial charge in [0.15, 0.2) is 11.6 Å². The first-order valence-corrected chi connectivity index (χ1v) is 5.26. The van der Waals surface area contributed by atoms with Crippen LogP contribution in [-0.2, 0) is 14.3 Å². The lowest BCUT2D eigenvalue weighted by Crippen LogP contribution is -2.30. The molecule has 0 atom stereocenters. The van der Waals surface area contributed by atoms with Crippen LogP contribution in [0.5, 0.6) is 0 Å². The van der Waals surface area contributed by atoms with Crippen molar-refractivity contribution in [3.8, 4) is 0 Å². The molecular formula is C12H10F2NO4-. The maximum absolute atomic E-state index is 12.9. The minimum atomic E-state index is -1.74. The van der Waals surface area contributed by atoms with Gasteiger partial charge in [0.2, 0.25) is 0 Å². The minimum Gasteiger partial charge on any atom is -0.544 e. The lowest BCUT2D eigenvalue weighted by Gasteiger charge is -2.08. The predicted octanol–water partition coefficient (Wildman–Crippen LogP) is 0.574. The molecule has 0 aliphatic rings. The van der Waals surface area contributed by atoms with E-state index in [9.17, 15) is 23.5 Å². The second kappa shape index (κ2) is 6.48. The van der Waals surface area contributed by atoms with Crippen LogP contribution >= 0.6 is 0 Å². The van der Waals surface area contributed by atoms with Gasteiger partial charge in [-0.05, 0) is 19.1 Å². The van der Waals surface area contributed by atoms with E-state index in [1.54, 1.807) is 0 Å². The number of ether oxygens (including phenoxy) is 1. The number of carbonyl (C=O) groups excluding carboxylic acids is 2. The van der Waals surface area contributed by atoms with E-state index in [1.807, 2.05) is 0 Å². The Bertz CT molecular complexity index is 528. The van der Waals surface area contributed by atoms with Crippen molar-refractivity contribution in [2.75, 3.05) is 11.9 Å². The van der Waals surface area contributed by atoms with Crippen LogP contribution in [0.3, 0.4) is 0 Å². The van der Waals surface area contributed by atoms with Gasteiger partial charge in [0.05, 0.1) is 18.1 Å². The molecule has 0 spiro atoms. The van der Waals surface area contributed by atoms with Gasteiger partial charge in [-0.1, -0.05) is 0 Å². The van der Waals surface area contributed by atoms with Crippen molar-refractivity contribution in [2.24, 2.45) is 0 Å². The van der Waals surface area contributed by atoms with Gasteiger partial charge in [0, 0.05) is 18.0 Å². The number of halogens is 2. The van der Waals surface area contributed by atoms with Crippen LogP contribution in [-0.4, -0.2) is 18.5 Å². The van der Waals surface area contributed by atoms with Crippen molar-refractivity contribution in [3.63, 3.8) is 0 Å². The molecule has 0 aliphatic carbocycles. The average molecular weight is 270 g/mol. The highest BCUT2D eigenvalue weighted by Crippen LogP contribution is 2.13. The van der Waals surface area contributed by atoms with Crippen molar-refractivity contribution in [1.29, 1.82) is 0 Å². The summed E-state index contributed by atoms with van der Waals surface area (Å²) in [5.74, 6) is -4.98. The number of carbonyl (C=O) groups is 2. The number of nitrogens with one attached hydrogen (secondary N) is 1. The third kappa shape index (κ3) is 4.06. The van der Waals surface area contributed by atoms with Crippen LogP contribution in [0.15, 0.2) is 30.0 Å². The molecule has 19 heavy (non-hydrogen) atoms. The number of hydrogen-bond acceptors (Lipinski definition) is 5. The highest BCUT2D eigenvalue weighted by atomic mass is 19.2. The molecule has 102 valence electrons. The molecule has 0 aromatic heterocycles. The number of aliphatic carboxylic acids is 1. The smallest absolute Gasteiger partial charge is 0.341 e. The average Bonchev–Trinajstić information content (AvgIpc) is 2.33. The van der Waals surface area contributed by atoms with Gasteiger partial charge in [-0.15, -0.1) is 0 Å². The standard InChI is InChI=1S/C12H11F2NO4/c1-2-19-12(18)8(11(16)17)6-15-7-3-4-9(13)10(14)5-7/h3-6,15H,2H2,1H3,(H,16,17)/p-1. The van der Waals surface area contributed by atoms with Gasteiger partial charge in [-0.3, -0.25) is 0 Å². The number of carboxylic acid groups (broad SMARTS) is 1. The highest BCUT2D eigenvalue weighted by molar-refractivity contribution is 6.12. The van der Waals surface area contributed by atoms with Crippen molar-refractivity contribution in [3.05, 3.63) is 41.6 Å². The molecule has 0 amide bonds. The zero-order valence-electron chi connectivity index (χ0n) is 9.91. The number of anilines is 1. The number of carboxylic acids is 1. The van der Waals surface area contributed by atoms with Crippen molar-refractivity contribution < 1.29 is 28.2 Å². The third-order valence-electron chi connectivity index (χ3n) is 2.02. The van der Waals surface area contributed by atoms with E-state index >= 15 is 0 Å². The van der Waals surface area contributed by atoms with Crippen LogP contribution in [0.2, 0.25) is 0 Å². The summed E-state index contributed by atoms with van der Waals surface area (Å²) in [6, 6.07) is 2.84. The van der Waals surface area contributed by atoms with Crippen LogP contribution < -0.4 is 10.4 Å².